The van der Waals surface area contributed by atoms with Crippen LogP contribution in [0.4, 0.5) is 17.6 Å². The van der Waals surface area contributed by atoms with Gasteiger partial charge in [-0.05, 0) is 56.2 Å². The smallest absolute Gasteiger partial charge is 0.354 e. The number of sulfone groups is 1. The van der Waals surface area contributed by atoms with Gasteiger partial charge in [0.15, 0.2) is 9.84 Å². The van der Waals surface area contributed by atoms with Crippen molar-refractivity contribution in [3.63, 3.8) is 0 Å². The highest BCUT2D eigenvalue weighted by molar-refractivity contribution is 7.93. The summed E-state index contributed by atoms with van der Waals surface area (Å²) in [6.07, 6.45) is -4.36. The molecule has 0 saturated carbocycles. The van der Waals surface area contributed by atoms with Gasteiger partial charge < -0.3 is 5.32 Å². The third-order valence-corrected chi connectivity index (χ3v) is 6.71. The number of carbonyl (C=O) groups excluding carboxylic acids is 1. The van der Waals surface area contributed by atoms with Gasteiger partial charge in [0.05, 0.1) is 10.5 Å². The Bertz CT molecular complexity index is 952. The minimum Gasteiger partial charge on any atom is -0.354 e. The van der Waals surface area contributed by atoms with Crippen LogP contribution in [0.25, 0.3) is 0 Å². The Morgan fingerprint density at radius 2 is 1.64 bits per heavy atom. The molecule has 0 spiro atoms. The van der Waals surface area contributed by atoms with Gasteiger partial charge in [-0.25, -0.2) is 12.8 Å². The number of hydrogen-bond acceptors (Lipinski definition) is 3. The maximum Gasteiger partial charge on any atom is 0.416 e. The molecule has 0 unspecified atom stereocenters. The van der Waals surface area contributed by atoms with Gasteiger partial charge in [-0.2, -0.15) is 13.2 Å². The number of amides is 1. The zero-order valence-electron chi connectivity index (χ0n) is 15.2. The Labute approximate surface area is 160 Å². The topological polar surface area (TPSA) is 63.2 Å². The molecule has 0 bridgehead atoms. The molecule has 0 atom stereocenters. The highest BCUT2D eigenvalue weighted by Gasteiger charge is 2.43. The molecule has 0 aliphatic carbocycles. The fourth-order valence-electron chi connectivity index (χ4n) is 2.44. The second kappa shape index (κ2) is 7.90. The fourth-order valence-corrected chi connectivity index (χ4v) is 3.89. The Morgan fingerprint density at radius 3 is 2.21 bits per heavy atom. The lowest BCUT2D eigenvalue weighted by atomic mass is 10.1. The first-order valence-electron chi connectivity index (χ1n) is 8.30. The standard InChI is InChI=1S/C19H19F4NO3S/c1-18(2,17(25)24-11-10-13-6-8-15(20)9-7-13)28(26,27)16-5-3-4-14(12-16)19(21,22)23/h3-9,12H,10-11H2,1-2H3,(H,24,25). The van der Waals surface area contributed by atoms with E-state index in [4.69, 9.17) is 0 Å². The molecule has 2 aromatic carbocycles. The van der Waals surface area contributed by atoms with E-state index in [1.165, 1.54) is 24.3 Å². The summed E-state index contributed by atoms with van der Waals surface area (Å²) < 4.78 is 75.0. The molecular formula is C19H19F4NO3S. The number of carbonyl (C=O) groups is 1. The van der Waals surface area contributed by atoms with E-state index in [-0.39, 0.29) is 6.54 Å². The lowest BCUT2D eigenvalue weighted by Gasteiger charge is -2.24. The van der Waals surface area contributed by atoms with Gasteiger partial charge in [-0.15, -0.1) is 0 Å². The third kappa shape index (κ3) is 4.70. The van der Waals surface area contributed by atoms with Crippen molar-refractivity contribution in [1.82, 2.24) is 5.32 Å². The number of alkyl halides is 3. The van der Waals surface area contributed by atoms with Gasteiger partial charge in [0.25, 0.3) is 0 Å². The molecule has 1 N–H and O–H groups in total. The minimum atomic E-state index is -4.70. The van der Waals surface area contributed by atoms with E-state index in [1.54, 1.807) is 0 Å². The van der Waals surface area contributed by atoms with Crippen molar-refractivity contribution in [2.45, 2.75) is 36.1 Å². The van der Waals surface area contributed by atoms with Gasteiger partial charge in [-0.1, -0.05) is 18.2 Å². The third-order valence-electron chi connectivity index (χ3n) is 4.30. The monoisotopic (exact) mass is 417 g/mol. The van der Waals surface area contributed by atoms with Gasteiger partial charge in [0, 0.05) is 6.54 Å². The summed E-state index contributed by atoms with van der Waals surface area (Å²) in [5.74, 6) is -1.24. The highest BCUT2D eigenvalue weighted by Crippen LogP contribution is 2.33. The van der Waals surface area contributed by atoms with E-state index in [2.05, 4.69) is 5.32 Å². The first-order chi connectivity index (χ1) is 12.9. The molecule has 152 valence electrons. The lowest BCUT2D eigenvalue weighted by molar-refractivity contribution is -0.137. The molecule has 28 heavy (non-hydrogen) atoms. The normalized spacial score (nSPS) is 12.6. The van der Waals surface area contributed by atoms with Crippen LogP contribution in [-0.4, -0.2) is 25.6 Å². The number of nitrogens with one attached hydrogen (secondary N) is 1. The average Bonchev–Trinajstić information content (AvgIpc) is 2.62. The predicted octanol–water partition coefficient (Wildman–Crippen LogP) is 3.76. The van der Waals surface area contributed by atoms with Crippen molar-refractivity contribution in [2.75, 3.05) is 6.54 Å². The molecule has 0 radical (unpaired) electrons. The molecule has 4 nitrogen and oxygen atoms in total. The number of halogens is 4. The molecule has 9 heteroatoms. The largest absolute Gasteiger partial charge is 0.416 e. The van der Waals surface area contributed by atoms with Crippen molar-refractivity contribution >= 4 is 15.7 Å². The molecule has 0 saturated heterocycles. The fraction of sp³-hybridized carbons (Fsp3) is 0.316. The van der Waals surface area contributed by atoms with Crippen LogP contribution < -0.4 is 5.32 Å². The average molecular weight is 417 g/mol. The Kier molecular flexibility index (Phi) is 6.18. The molecule has 1 amide bonds. The van der Waals surface area contributed by atoms with E-state index >= 15 is 0 Å². The molecule has 2 rings (SSSR count). The predicted molar refractivity (Wildman–Crippen MR) is 95.8 cm³/mol. The van der Waals surface area contributed by atoms with Crippen molar-refractivity contribution in [1.29, 1.82) is 0 Å². The molecule has 0 aromatic heterocycles. The summed E-state index contributed by atoms with van der Waals surface area (Å²) in [4.78, 5) is 11.9. The van der Waals surface area contributed by atoms with E-state index in [0.717, 1.165) is 37.6 Å². The Hall–Kier alpha value is -2.42. The van der Waals surface area contributed by atoms with Crippen molar-refractivity contribution < 1.29 is 30.8 Å². The number of benzene rings is 2. The van der Waals surface area contributed by atoms with Crippen LogP contribution >= 0.6 is 0 Å². The summed E-state index contributed by atoms with van der Waals surface area (Å²) in [6.45, 7) is 2.36. The summed E-state index contributed by atoms with van der Waals surface area (Å²) >= 11 is 0. The molecule has 0 aliphatic heterocycles. The maximum atomic E-state index is 12.9. The van der Waals surface area contributed by atoms with Gasteiger partial charge >= 0.3 is 6.18 Å². The van der Waals surface area contributed by atoms with Crippen molar-refractivity contribution in [2.24, 2.45) is 0 Å². The Balaban J connectivity index is 2.15. The number of hydrogen-bond donors (Lipinski definition) is 1. The maximum absolute atomic E-state index is 12.9. The van der Waals surface area contributed by atoms with Crippen LogP contribution in [0, 0.1) is 5.82 Å². The van der Waals surface area contributed by atoms with Crippen molar-refractivity contribution in [3.8, 4) is 0 Å². The Morgan fingerprint density at radius 1 is 1.04 bits per heavy atom. The summed E-state index contributed by atoms with van der Waals surface area (Å²) in [6, 6.07) is 8.88. The van der Waals surface area contributed by atoms with Crippen LogP contribution in [0.5, 0.6) is 0 Å². The van der Waals surface area contributed by atoms with E-state index < -0.39 is 42.9 Å². The quantitative estimate of drug-likeness (QED) is 0.728. The summed E-state index contributed by atoms with van der Waals surface area (Å²) in [7, 11) is -4.38. The molecule has 2 aromatic rings. The molecule has 0 heterocycles. The van der Waals surface area contributed by atoms with E-state index in [9.17, 15) is 30.8 Å². The molecule has 0 aliphatic rings. The lowest BCUT2D eigenvalue weighted by Crippen LogP contribution is -2.48. The van der Waals surface area contributed by atoms with E-state index in [1.807, 2.05) is 0 Å². The first-order valence-corrected chi connectivity index (χ1v) is 9.78. The zero-order chi connectivity index (χ0) is 21.2. The summed E-state index contributed by atoms with van der Waals surface area (Å²) in [5.41, 5.74) is -0.374. The molecular weight excluding hydrogens is 398 g/mol. The van der Waals surface area contributed by atoms with Gasteiger partial charge in [0.1, 0.15) is 10.6 Å². The van der Waals surface area contributed by atoms with Crippen LogP contribution in [0.3, 0.4) is 0 Å². The van der Waals surface area contributed by atoms with Crippen LogP contribution in [0.15, 0.2) is 53.4 Å². The first kappa shape index (κ1) is 21.9. The van der Waals surface area contributed by atoms with Crippen LogP contribution in [0.2, 0.25) is 0 Å². The number of rotatable bonds is 6. The van der Waals surface area contributed by atoms with Crippen LogP contribution in [-0.2, 0) is 27.2 Å². The molecule has 0 fully saturated rings. The zero-order valence-corrected chi connectivity index (χ0v) is 16.0. The van der Waals surface area contributed by atoms with Gasteiger partial charge in [-0.3, -0.25) is 4.79 Å². The van der Waals surface area contributed by atoms with Crippen molar-refractivity contribution in [3.05, 3.63) is 65.5 Å². The second-order valence-corrected chi connectivity index (χ2v) is 9.17. The van der Waals surface area contributed by atoms with Gasteiger partial charge in [0.2, 0.25) is 5.91 Å². The SMILES string of the molecule is CC(C)(C(=O)NCCc1ccc(F)cc1)S(=O)(=O)c1cccc(C(F)(F)F)c1. The highest BCUT2D eigenvalue weighted by atomic mass is 32.2. The van der Waals surface area contributed by atoms with Crippen LogP contribution in [0.1, 0.15) is 25.0 Å². The minimum absolute atomic E-state index is 0.0893. The summed E-state index contributed by atoms with van der Waals surface area (Å²) in [5, 5.41) is 2.47. The van der Waals surface area contributed by atoms with E-state index in [0.29, 0.717) is 12.5 Å². The second-order valence-electron chi connectivity index (χ2n) is 6.67.